The second kappa shape index (κ2) is 13.7. The number of fused-ring (bicyclic) bond motifs is 1. The largest absolute Gasteiger partial charge is 0.382 e. The first-order chi connectivity index (χ1) is 17.1. The number of nitrogens with one attached hydrogen (secondary N) is 1. The van der Waals surface area contributed by atoms with Gasteiger partial charge in [0.15, 0.2) is 17.0 Å². The molecule has 0 aromatic carbocycles. The number of allylic oxidation sites excluding steroid dienone is 2. The maximum atomic E-state index is 12.5. The normalized spacial score (nSPS) is 12.3. The fourth-order valence-corrected chi connectivity index (χ4v) is 4.91. The molecular weight excluding hydrogens is 483 g/mol. The smallest absolute Gasteiger partial charge is 0.330 e. The monoisotopic (exact) mass is 518 g/mol. The molecule has 0 bridgehead atoms. The Labute approximate surface area is 211 Å². The number of rotatable bonds is 14. The summed E-state index contributed by atoms with van der Waals surface area (Å²) in [6.07, 6.45) is 7.60. The molecule has 0 unspecified atom stereocenters. The fourth-order valence-electron chi connectivity index (χ4n) is 3.25. The Morgan fingerprint density at radius 2 is 1.89 bits per heavy atom. The van der Waals surface area contributed by atoms with E-state index in [0.29, 0.717) is 49.6 Å². The molecule has 0 saturated carbocycles. The van der Waals surface area contributed by atoms with Crippen LogP contribution in [0.1, 0.15) is 32.9 Å². The van der Waals surface area contributed by atoms with Crippen molar-refractivity contribution in [2.45, 2.75) is 33.7 Å². The molecule has 5 N–H and O–H groups in total. The Morgan fingerprint density at radius 3 is 2.53 bits per heavy atom. The predicted molar refractivity (Wildman–Crippen MR) is 141 cm³/mol. The summed E-state index contributed by atoms with van der Waals surface area (Å²) in [4.78, 5) is 31.0. The van der Waals surface area contributed by atoms with Crippen LogP contribution in [0.25, 0.3) is 11.2 Å². The zero-order valence-electron chi connectivity index (χ0n) is 21.2. The highest BCUT2D eigenvalue weighted by Crippen LogP contribution is 2.48. The van der Waals surface area contributed by atoms with E-state index in [1.54, 1.807) is 32.2 Å². The van der Waals surface area contributed by atoms with E-state index in [-0.39, 0.29) is 29.4 Å². The van der Waals surface area contributed by atoms with E-state index in [4.69, 9.17) is 20.5 Å². The Hall–Kier alpha value is -3.34. The van der Waals surface area contributed by atoms with Gasteiger partial charge in [0.1, 0.15) is 0 Å². The van der Waals surface area contributed by atoms with Gasteiger partial charge in [-0.3, -0.25) is 9.36 Å². The molecule has 12 nitrogen and oxygen atoms in total. The predicted octanol–water partition coefficient (Wildman–Crippen LogP) is 2.80. The molecular formula is C23H35N8O4P. The van der Waals surface area contributed by atoms with Crippen LogP contribution < -0.4 is 16.8 Å². The summed E-state index contributed by atoms with van der Waals surface area (Å²) >= 11 is 0. The first-order valence-electron chi connectivity index (χ1n) is 11.6. The molecule has 0 aliphatic carbocycles. The quantitative estimate of drug-likeness (QED) is 0.145. The number of carbonyl (C=O) groups is 1. The van der Waals surface area contributed by atoms with Crippen LogP contribution in [0.15, 0.2) is 42.3 Å². The molecule has 13 heteroatoms. The van der Waals surface area contributed by atoms with Crippen LogP contribution in [-0.4, -0.2) is 63.7 Å². The third-order valence-electron chi connectivity index (χ3n) is 4.93. The molecule has 2 rings (SSSR count). The molecule has 0 saturated heterocycles. The van der Waals surface area contributed by atoms with Crippen molar-refractivity contribution < 1.29 is 18.4 Å². The van der Waals surface area contributed by atoms with E-state index < -0.39 is 7.60 Å². The van der Waals surface area contributed by atoms with E-state index >= 15 is 0 Å². The third kappa shape index (κ3) is 8.40. The summed E-state index contributed by atoms with van der Waals surface area (Å²) in [5, 5.41) is 2.77. The topological polar surface area (TPSA) is 171 Å². The zero-order valence-corrected chi connectivity index (χ0v) is 22.1. The number of anilines is 2. The lowest BCUT2D eigenvalue weighted by Gasteiger charge is -2.20. The maximum Gasteiger partial charge on any atom is 0.330 e. The van der Waals surface area contributed by atoms with E-state index in [1.165, 1.54) is 0 Å². The number of hydrogen-bond donors (Lipinski definition) is 3. The lowest BCUT2D eigenvalue weighted by atomic mass is 10.2. The van der Waals surface area contributed by atoms with Crippen LogP contribution in [-0.2, 0) is 25.0 Å². The van der Waals surface area contributed by atoms with Crippen molar-refractivity contribution in [1.82, 2.24) is 30.2 Å². The summed E-state index contributed by atoms with van der Waals surface area (Å²) in [5.74, 6) is -0.107. The molecule has 196 valence electrons. The standard InChI is InChI=1S/C23H35N8O4P/c1-6-18(31(5)15-17-14-27-21-19(28-17)20(24)29-23(25)30-21)11-10-16(4)22(32)26-12-9-13-36(33,34-7-2)35-8-3/h6,10-11,14H,4,7-9,12-13,15H2,1-3,5H3,(H,26,32)(H4,24,25,27,29,30)/b11-10-,18-6+. The molecule has 0 fully saturated rings. The number of carbonyl (C=O) groups excluding carboxylic acids is 1. The van der Waals surface area contributed by atoms with Gasteiger partial charge in [-0.1, -0.05) is 12.7 Å². The van der Waals surface area contributed by atoms with E-state index in [0.717, 1.165) is 5.70 Å². The first kappa shape index (κ1) is 28.9. The van der Waals surface area contributed by atoms with Crippen molar-refractivity contribution in [3.63, 3.8) is 0 Å². The number of nitrogen functional groups attached to an aromatic ring is 2. The molecule has 2 aromatic heterocycles. The van der Waals surface area contributed by atoms with Gasteiger partial charge in [0, 0.05) is 24.9 Å². The van der Waals surface area contributed by atoms with E-state index in [9.17, 15) is 9.36 Å². The number of nitrogens with zero attached hydrogens (tertiary/aromatic N) is 5. The van der Waals surface area contributed by atoms with Gasteiger partial charge in [-0.2, -0.15) is 9.97 Å². The molecule has 0 aliphatic rings. The third-order valence-corrected chi connectivity index (χ3v) is 7.10. The summed E-state index contributed by atoms with van der Waals surface area (Å²) in [6.45, 7) is 10.6. The summed E-state index contributed by atoms with van der Waals surface area (Å²) in [6, 6.07) is 0. The van der Waals surface area contributed by atoms with Gasteiger partial charge in [0.25, 0.3) is 5.91 Å². The van der Waals surface area contributed by atoms with Gasteiger partial charge in [0.05, 0.1) is 37.8 Å². The van der Waals surface area contributed by atoms with Crippen molar-refractivity contribution in [3.8, 4) is 0 Å². The lowest BCUT2D eigenvalue weighted by molar-refractivity contribution is -0.117. The van der Waals surface area contributed by atoms with Crippen molar-refractivity contribution in [2.24, 2.45) is 0 Å². The van der Waals surface area contributed by atoms with Crippen LogP contribution in [0.5, 0.6) is 0 Å². The molecule has 1 amide bonds. The number of aromatic nitrogens is 4. The second-order valence-electron chi connectivity index (χ2n) is 7.71. The van der Waals surface area contributed by atoms with Gasteiger partial charge in [0.2, 0.25) is 5.95 Å². The van der Waals surface area contributed by atoms with Gasteiger partial charge in [-0.05, 0) is 39.3 Å². The molecule has 0 atom stereocenters. The van der Waals surface area contributed by atoms with Gasteiger partial charge in [-0.25, -0.2) is 9.97 Å². The van der Waals surface area contributed by atoms with Crippen LogP contribution in [0.4, 0.5) is 11.8 Å². The maximum absolute atomic E-state index is 12.5. The molecule has 0 spiro atoms. The average molecular weight is 519 g/mol. The van der Waals surface area contributed by atoms with Crippen molar-refractivity contribution in [3.05, 3.63) is 48.0 Å². The minimum Gasteiger partial charge on any atom is -0.382 e. The van der Waals surface area contributed by atoms with Gasteiger partial charge < -0.3 is 30.7 Å². The Bertz CT molecular complexity index is 1170. The number of nitrogens with two attached hydrogens (primary N) is 2. The number of hydrogen-bond acceptors (Lipinski definition) is 11. The zero-order chi connectivity index (χ0) is 26.7. The Morgan fingerprint density at radius 1 is 1.19 bits per heavy atom. The van der Waals surface area contributed by atoms with Crippen LogP contribution in [0.3, 0.4) is 0 Å². The van der Waals surface area contributed by atoms with Crippen LogP contribution in [0.2, 0.25) is 0 Å². The van der Waals surface area contributed by atoms with Crippen molar-refractivity contribution in [2.75, 3.05) is 44.4 Å². The minimum atomic E-state index is -3.12. The molecule has 2 aromatic rings. The lowest BCUT2D eigenvalue weighted by Crippen LogP contribution is -2.26. The highest BCUT2D eigenvalue weighted by atomic mass is 31.2. The number of likely N-dealkylation sites (N-methyl/N-ethyl adjacent to an activating group) is 1. The fraction of sp³-hybridized carbons (Fsp3) is 0.435. The van der Waals surface area contributed by atoms with Gasteiger partial charge in [-0.15, -0.1) is 0 Å². The number of amides is 1. The Balaban J connectivity index is 1.91. The van der Waals surface area contributed by atoms with Crippen LogP contribution in [0, 0.1) is 0 Å². The SMILES string of the molecule is C=C(/C=C\C(=C/C)N(C)Cc1cnc2nc(N)nc(N)c2n1)C(=O)NCCCP(=O)(OCC)OCC. The molecule has 36 heavy (non-hydrogen) atoms. The molecule has 0 aliphatic heterocycles. The highest BCUT2D eigenvalue weighted by Gasteiger charge is 2.22. The van der Waals surface area contributed by atoms with Crippen molar-refractivity contribution >= 4 is 36.4 Å². The minimum absolute atomic E-state index is 0.0424. The molecule has 2 heterocycles. The second-order valence-corrected chi connectivity index (χ2v) is 9.89. The summed E-state index contributed by atoms with van der Waals surface area (Å²) < 4.78 is 23.0. The van der Waals surface area contributed by atoms with Crippen molar-refractivity contribution in [1.29, 1.82) is 0 Å². The molecule has 0 radical (unpaired) electrons. The summed E-state index contributed by atoms with van der Waals surface area (Å²) in [5.41, 5.74) is 14.0. The van der Waals surface area contributed by atoms with E-state index in [1.807, 2.05) is 24.9 Å². The van der Waals surface area contributed by atoms with Gasteiger partial charge >= 0.3 is 7.60 Å². The highest BCUT2D eigenvalue weighted by molar-refractivity contribution is 7.53. The average Bonchev–Trinajstić information content (AvgIpc) is 2.82. The first-order valence-corrected chi connectivity index (χ1v) is 13.3. The summed E-state index contributed by atoms with van der Waals surface area (Å²) in [7, 11) is -1.24. The van der Waals surface area contributed by atoms with Crippen LogP contribution >= 0.6 is 7.60 Å². The Kier molecular flexibility index (Phi) is 11.0. The van der Waals surface area contributed by atoms with E-state index in [2.05, 4.69) is 31.8 Å².